The number of amides is 2. The summed E-state index contributed by atoms with van der Waals surface area (Å²) in [6.45, 7) is 3.33. The van der Waals surface area contributed by atoms with Crippen LogP contribution in [0.25, 0.3) is 0 Å². The van der Waals surface area contributed by atoms with Crippen LogP contribution in [0, 0.1) is 0 Å². The number of carbonyl (C=O) groups is 2. The van der Waals surface area contributed by atoms with Crippen LogP contribution >= 0.6 is 0 Å². The summed E-state index contributed by atoms with van der Waals surface area (Å²) in [4.78, 5) is 32.3. The summed E-state index contributed by atoms with van der Waals surface area (Å²) in [6.07, 6.45) is 4.82. The van der Waals surface area contributed by atoms with E-state index in [1.165, 1.54) is 18.5 Å². The van der Waals surface area contributed by atoms with Crippen LogP contribution in [-0.4, -0.2) is 48.3 Å². The van der Waals surface area contributed by atoms with Gasteiger partial charge in [0.1, 0.15) is 6.04 Å². The van der Waals surface area contributed by atoms with Crippen molar-refractivity contribution in [1.82, 2.24) is 9.80 Å². The summed E-state index contributed by atoms with van der Waals surface area (Å²) in [7, 11) is 1.85. The van der Waals surface area contributed by atoms with Crippen molar-refractivity contribution in [3.63, 3.8) is 0 Å². The molecule has 2 aliphatic heterocycles. The first-order chi connectivity index (χ1) is 14.6. The molecule has 5 heteroatoms. The number of benzene rings is 2. The van der Waals surface area contributed by atoms with Crippen molar-refractivity contribution in [3.8, 4) is 0 Å². The van der Waals surface area contributed by atoms with Crippen molar-refractivity contribution in [2.24, 2.45) is 0 Å². The molecular formula is C25H31N3O2. The number of hydrogen-bond acceptors (Lipinski definition) is 3. The molecule has 0 saturated carbocycles. The van der Waals surface area contributed by atoms with Crippen molar-refractivity contribution in [2.75, 3.05) is 31.6 Å². The third-order valence-corrected chi connectivity index (χ3v) is 6.24. The lowest BCUT2D eigenvalue weighted by Gasteiger charge is -2.36. The predicted molar refractivity (Wildman–Crippen MR) is 119 cm³/mol. The van der Waals surface area contributed by atoms with Gasteiger partial charge in [0.2, 0.25) is 11.8 Å². The van der Waals surface area contributed by atoms with Gasteiger partial charge in [0.05, 0.1) is 0 Å². The number of nitrogens with zero attached hydrogens (tertiary/aromatic N) is 3. The van der Waals surface area contributed by atoms with Gasteiger partial charge in [-0.1, -0.05) is 48.5 Å². The number of anilines is 1. The Kier molecular flexibility index (Phi) is 6.36. The average Bonchev–Trinajstić information content (AvgIpc) is 3.31. The minimum Gasteiger partial charge on any atom is -0.371 e. The fraction of sp³-hybridized carbons (Fsp3) is 0.440. The van der Waals surface area contributed by atoms with Crippen LogP contribution in [-0.2, 0) is 16.1 Å². The summed E-state index contributed by atoms with van der Waals surface area (Å²) in [5.41, 5.74) is 3.27. The van der Waals surface area contributed by atoms with Gasteiger partial charge in [-0.3, -0.25) is 9.59 Å². The Hall–Kier alpha value is -2.82. The second kappa shape index (κ2) is 9.33. The van der Waals surface area contributed by atoms with Crippen LogP contribution in [0.15, 0.2) is 54.6 Å². The molecule has 158 valence electrons. The molecule has 1 unspecified atom stereocenters. The minimum absolute atomic E-state index is 0.0207. The molecule has 0 radical (unpaired) electrons. The fourth-order valence-electron chi connectivity index (χ4n) is 4.64. The third-order valence-electron chi connectivity index (χ3n) is 6.24. The Morgan fingerprint density at radius 2 is 1.60 bits per heavy atom. The molecule has 0 spiro atoms. The standard InChI is InChI=1S/C25H31N3O2/c1-26(19-21-13-5-6-14-22(21)27-16-9-10-17-27)25(30)24(20-11-3-2-4-12-20)28-18-8-7-15-23(28)29/h2-6,11-14,24H,7-10,15-19H2,1H3. The zero-order valence-electron chi connectivity index (χ0n) is 17.8. The van der Waals surface area contributed by atoms with E-state index in [0.717, 1.165) is 37.1 Å². The zero-order chi connectivity index (χ0) is 20.9. The van der Waals surface area contributed by atoms with Crippen LogP contribution in [0.2, 0.25) is 0 Å². The monoisotopic (exact) mass is 405 g/mol. The highest BCUT2D eigenvalue weighted by atomic mass is 16.2. The van der Waals surface area contributed by atoms with Gasteiger partial charge in [-0.25, -0.2) is 0 Å². The molecule has 2 aromatic rings. The van der Waals surface area contributed by atoms with Gasteiger partial charge < -0.3 is 14.7 Å². The quantitative estimate of drug-likeness (QED) is 0.730. The first-order valence-electron chi connectivity index (χ1n) is 11.1. The van der Waals surface area contributed by atoms with E-state index >= 15 is 0 Å². The highest BCUT2D eigenvalue weighted by Crippen LogP contribution is 2.29. The van der Waals surface area contributed by atoms with E-state index in [4.69, 9.17) is 0 Å². The molecule has 0 bridgehead atoms. The fourth-order valence-corrected chi connectivity index (χ4v) is 4.64. The van der Waals surface area contributed by atoms with E-state index in [-0.39, 0.29) is 11.8 Å². The number of rotatable bonds is 6. The van der Waals surface area contributed by atoms with Crippen LogP contribution < -0.4 is 4.90 Å². The van der Waals surface area contributed by atoms with Gasteiger partial charge in [0.25, 0.3) is 0 Å². The van der Waals surface area contributed by atoms with Gasteiger partial charge >= 0.3 is 0 Å². The summed E-state index contributed by atoms with van der Waals surface area (Å²) in [5.74, 6) is 0.0574. The molecule has 2 amide bonds. The Morgan fingerprint density at radius 1 is 0.933 bits per heavy atom. The van der Waals surface area contributed by atoms with Crippen LogP contribution in [0.1, 0.15) is 49.3 Å². The second-order valence-electron chi connectivity index (χ2n) is 8.37. The van der Waals surface area contributed by atoms with Crippen LogP contribution in [0.3, 0.4) is 0 Å². The smallest absolute Gasteiger partial charge is 0.250 e. The maximum absolute atomic E-state index is 13.6. The summed E-state index contributed by atoms with van der Waals surface area (Å²) < 4.78 is 0. The Labute approximate surface area is 179 Å². The topological polar surface area (TPSA) is 43.9 Å². The number of hydrogen-bond donors (Lipinski definition) is 0. The van der Waals surface area contributed by atoms with Gasteiger partial charge in [-0.05, 0) is 42.9 Å². The van der Waals surface area contributed by atoms with E-state index in [2.05, 4.69) is 23.1 Å². The van der Waals surface area contributed by atoms with Crippen molar-refractivity contribution in [3.05, 3.63) is 65.7 Å². The van der Waals surface area contributed by atoms with Crippen molar-refractivity contribution in [2.45, 2.75) is 44.7 Å². The lowest BCUT2D eigenvalue weighted by Crippen LogP contribution is -2.46. The third kappa shape index (κ3) is 4.35. The normalized spacial score (nSPS) is 17.8. The van der Waals surface area contributed by atoms with Crippen molar-refractivity contribution < 1.29 is 9.59 Å². The lowest BCUT2D eigenvalue weighted by molar-refractivity contribution is -0.147. The zero-order valence-corrected chi connectivity index (χ0v) is 17.8. The van der Waals surface area contributed by atoms with E-state index in [9.17, 15) is 9.59 Å². The molecule has 1 atom stereocenters. The molecule has 2 fully saturated rings. The van der Waals surface area contributed by atoms with Crippen LogP contribution in [0.4, 0.5) is 5.69 Å². The maximum Gasteiger partial charge on any atom is 0.250 e. The van der Waals surface area contributed by atoms with E-state index in [1.54, 1.807) is 9.80 Å². The highest BCUT2D eigenvalue weighted by molar-refractivity contribution is 5.89. The first-order valence-corrected chi connectivity index (χ1v) is 11.1. The molecule has 30 heavy (non-hydrogen) atoms. The molecule has 2 saturated heterocycles. The van der Waals surface area contributed by atoms with Gasteiger partial charge in [-0.2, -0.15) is 0 Å². The van der Waals surface area contributed by atoms with Crippen LogP contribution in [0.5, 0.6) is 0 Å². The average molecular weight is 406 g/mol. The molecule has 4 rings (SSSR count). The molecule has 2 aromatic carbocycles. The highest BCUT2D eigenvalue weighted by Gasteiger charge is 2.34. The SMILES string of the molecule is CN(Cc1ccccc1N1CCCC1)C(=O)C(c1ccccc1)N1CCCCC1=O. The first kappa shape index (κ1) is 20.5. The maximum atomic E-state index is 13.6. The molecule has 2 heterocycles. The summed E-state index contributed by atoms with van der Waals surface area (Å²) in [6, 6.07) is 17.5. The number of para-hydroxylation sites is 1. The Balaban J connectivity index is 1.58. The predicted octanol–water partition coefficient (Wildman–Crippen LogP) is 4.00. The molecule has 5 nitrogen and oxygen atoms in total. The number of piperidine rings is 1. The van der Waals surface area contributed by atoms with Crippen molar-refractivity contribution >= 4 is 17.5 Å². The number of likely N-dealkylation sites (tertiary alicyclic amines) is 1. The minimum atomic E-state index is -0.553. The second-order valence-corrected chi connectivity index (χ2v) is 8.37. The van der Waals surface area contributed by atoms with Gasteiger partial charge in [0.15, 0.2) is 0 Å². The van der Waals surface area contributed by atoms with Gasteiger partial charge in [-0.15, -0.1) is 0 Å². The molecular weight excluding hydrogens is 374 g/mol. The van der Waals surface area contributed by atoms with E-state index < -0.39 is 6.04 Å². The van der Waals surface area contributed by atoms with E-state index in [1.807, 2.05) is 43.4 Å². The Morgan fingerprint density at radius 3 is 2.33 bits per heavy atom. The molecule has 0 aliphatic carbocycles. The molecule has 0 aromatic heterocycles. The summed E-state index contributed by atoms with van der Waals surface area (Å²) in [5, 5.41) is 0. The van der Waals surface area contributed by atoms with E-state index in [0.29, 0.717) is 19.5 Å². The number of likely N-dealkylation sites (N-methyl/N-ethyl adjacent to an activating group) is 1. The lowest BCUT2D eigenvalue weighted by atomic mass is 9.99. The summed E-state index contributed by atoms with van der Waals surface area (Å²) >= 11 is 0. The van der Waals surface area contributed by atoms with Gasteiger partial charge in [0, 0.05) is 45.3 Å². The molecule has 2 aliphatic rings. The molecule has 0 N–H and O–H groups in total. The number of carbonyl (C=O) groups excluding carboxylic acids is 2. The largest absolute Gasteiger partial charge is 0.371 e. The van der Waals surface area contributed by atoms with Crippen molar-refractivity contribution in [1.29, 1.82) is 0 Å². The Bertz CT molecular complexity index is 877.